The number of anilines is 3. The van der Waals surface area contributed by atoms with Gasteiger partial charge >= 0.3 is 0 Å². The predicted molar refractivity (Wildman–Crippen MR) is 219 cm³/mol. The van der Waals surface area contributed by atoms with Crippen molar-refractivity contribution in [2.24, 2.45) is 0 Å². The Morgan fingerprint density at radius 3 is 1.81 bits per heavy atom. The van der Waals surface area contributed by atoms with Gasteiger partial charge in [0.1, 0.15) is 11.2 Å². The quantitative estimate of drug-likeness (QED) is 0.180. The molecular formula is C49H31NOS. The van der Waals surface area contributed by atoms with Crippen molar-refractivity contribution in [2.45, 2.75) is 5.41 Å². The van der Waals surface area contributed by atoms with Crippen LogP contribution in [0.1, 0.15) is 22.3 Å². The van der Waals surface area contributed by atoms with Gasteiger partial charge in [0.05, 0.1) is 11.1 Å². The molecule has 0 saturated carbocycles. The maximum atomic E-state index is 6.28. The van der Waals surface area contributed by atoms with Crippen LogP contribution in [0.25, 0.3) is 53.2 Å². The van der Waals surface area contributed by atoms with E-state index < -0.39 is 5.41 Å². The average molecular weight is 682 g/mol. The number of hydrogen-bond acceptors (Lipinski definition) is 3. The van der Waals surface area contributed by atoms with E-state index in [0.717, 1.165) is 39.0 Å². The lowest BCUT2D eigenvalue weighted by Crippen LogP contribution is -2.28. The third kappa shape index (κ3) is 4.11. The van der Waals surface area contributed by atoms with Crippen molar-refractivity contribution in [3.05, 3.63) is 210 Å². The zero-order valence-corrected chi connectivity index (χ0v) is 29.0. The molecule has 1 aliphatic rings. The molecule has 0 aliphatic heterocycles. The lowest BCUT2D eigenvalue weighted by atomic mass is 9.68. The van der Waals surface area contributed by atoms with E-state index >= 15 is 0 Å². The van der Waals surface area contributed by atoms with Crippen molar-refractivity contribution in [2.75, 3.05) is 4.90 Å². The summed E-state index contributed by atoms with van der Waals surface area (Å²) in [5.74, 6) is 0. The third-order valence-corrected chi connectivity index (χ3v) is 12.1. The molecule has 0 fully saturated rings. The molecule has 0 saturated heterocycles. The summed E-state index contributed by atoms with van der Waals surface area (Å²) in [6, 6.07) is 68.6. The first-order valence-electron chi connectivity index (χ1n) is 17.8. The molecule has 0 atom stereocenters. The molecule has 0 unspecified atom stereocenters. The molecule has 1 aliphatic carbocycles. The Kier molecular flexibility index (Phi) is 6.37. The van der Waals surface area contributed by atoms with Crippen LogP contribution < -0.4 is 4.90 Å². The highest BCUT2D eigenvalue weighted by Crippen LogP contribution is 2.56. The normalized spacial score (nSPS) is 13.2. The number of hydrogen-bond donors (Lipinski definition) is 0. The van der Waals surface area contributed by atoms with Gasteiger partial charge in [-0.05, 0) is 88.0 Å². The number of thiophene rings is 1. The van der Waals surface area contributed by atoms with Gasteiger partial charge in [0.25, 0.3) is 0 Å². The van der Waals surface area contributed by atoms with Crippen LogP contribution >= 0.6 is 11.3 Å². The molecule has 244 valence electrons. The second kappa shape index (κ2) is 11.3. The Morgan fingerprint density at radius 1 is 0.423 bits per heavy atom. The van der Waals surface area contributed by atoms with E-state index in [9.17, 15) is 0 Å². The van der Waals surface area contributed by atoms with E-state index in [1.807, 2.05) is 23.5 Å². The zero-order valence-electron chi connectivity index (χ0n) is 28.2. The minimum absolute atomic E-state index is 0.448. The van der Waals surface area contributed by atoms with Crippen LogP contribution in [0.4, 0.5) is 17.1 Å². The molecule has 0 radical (unpaired) electrons. The molecule has 2 nitrogen and oxygen atoms in total. The first kappa shape index (κ1) is 29.3. The Labute approximate surface area is 305 Å². The molecule has 0 N–H and O–H groups in total. The second-order valence-electron chi connectivity index (χ2n) is 13.6. The van der Waals surface area contributed by atoms with Crippen LogP contribution in [0.5, 0.6) is 0 Å². The highest BCUT2D eigenvalue weighted by Gasteiger charge is 2.45. The van der Waals surface area contributed by atoms with Gasteiger partial charge in [-0.1, -0.05) is 133 Å². The summed E-state index contributed by atoms with van der Waals surface area (Å²) in [4.78, 5) is 2.43. The maximum Gasteiger partial charge on any atom is 0.135 e. The van der Waals surface area contributed by atoms with E-state index in [1.165, 1.54) is 53.6 Å². The van der Waals surface area contributed by atoms with Crippen molar-refractivity contribution >= 4 is 70.5 Å². The van der Waals surface area contributed by atoms with Gasteiger partial charge in [0, 0.05) is 42.3 Å². The van der Waals surface area contributed by atoms with Crippen LogP contribution in [0.2, 0.25) is 0 Å². The molecule has 11 rings (SSSR count). The molecular weight excluding hydrogens is 651 g/mol. The van der Waals surface area contributed by atoms with Crippen molar-refractivity contribution in [1.29, 1.82) is 0 Å². The topological polar surface area (TPSA) is 16.4 Å². The molecule has 0 bridgehead atoms. The lowest BCUT2D eigenvalue weighted by molar-refractivity contribution is 0.669. The van der Waals surface area contributed by atoms with E-state index in [-0.39, 0.29) is 0 Å². The monoisotopic (exact) mass is 681 g/mol. The summed E-state index contributed by atoms with van der Waals surface area (Å²) in [6.45, 7) is 0. The van der Waals surface area contributed by atoms with Gasteiger partial charge < -0.3 is 9.32 Å². The summed E-state index contributed by atoms with van der Waals surface area (Å²) >= 11 is 1.85. The second-order valence-corrected chi connectivity index (χ2v) is 14.7. The fourth-order valence-electron chi connectivity index (χ4n) is 8.80. The molecule has 10 aromatic rings. The Morgan fingerprint density at radius 2 is 1.02 bits per heavy atom. The summed E-state index contributed by atoms with van der Waals surface area (Å²) < 4.78 is 8.85. The van der Waals surface area contributed by atoms with E-state index in [4.69, 9.17) is 4.42 Å². The maximum absolute atomic E-state index is 6.28. The van der Waals surface area contributed by atoms with Crippen molar-refractivity contribution in [3.63, 3.8) is 0 Å². The van der Waals surface area contributed by atoms with Gasteiger partial charge in [0.15, 0.2) is 0 Å². The summed E-state index contributed by atoms with van der Waals surface area (Å²) in [5, 5.41) is 4.77. The minimum atomic E-state index is -0.448. The van der Waals surface area contributed by atoms with Gasteiger partial charge in [0.2, 0.25) is 0 Å². The van der Waals surface area contributed by atoms with Crippen LogP contribution in [-0.2, 0) is 5.41 Å². The van der Waals surface area contributed by atoms with Gasteiger partial charge in [-0.25, -0.2) is 0 Å². The first-order chi connectivity index (χ1) is 25.8. The molecule has 0 amide bonds. The number of para-hydroxylation sites is 1. The van der Waals surface area contributed by atoms with Crippen molar-refractivity contribution in [1.82, 2.24) is 0 Å². The fraction of sp³-hybridized carbons (Fsp3) is 0.0204. The van der Waals surface area contributed by atoms with Crippen LogP contribution in [0.15, 0.2) is 192 Å². The summed E-state index contributed by atoms with van der Waals surface area (Å²) in [5.41, 5.74) is 12.4. The van der Waals surface area contributed by atoms with Crippen molar-refractivity contribution < 1.29 is 4.42 Å². The average Bonchev–Trinajstić information content (AvgIpc) is 3.87. The Hall–Kier alpha value is -6.42. The Balaban J connectivity index is 1.16. The SMILES string of the molecule is c1ccc(C2(c3ccc(N(c4ccc5oc6ccccc6c5c4)c4cccc5sc6ccccc6c45)cc3)c3ccccc3-c3ccccc32)cc1. The lowest BCUT2D eigenvalue weighted by Gasteiger charge is -2.34. The highest BCUT2D eigenvalue weighted by atomic mass is 32.1. The predicted octanol–water partition coefficient (Wildman–Crippen LogP) is 13.8. The molecule has 52 heavy (non-hydrogen) atoms. The molecule has 2 heterocycles. The smallest absolute Gasteiger partial charge is 0.135 e. The standard InChI is InChI=1S/C49H31NOS/c1-2-13-32(14-3-1)49(41-19-8-4-15-36(41)37-16-5-9-20-42(37)49)33-25-27-34(28-26-33)50(35-29-30-45-40(31-35)38-17-6-10-22-44(38)51-45)43-21-12-24-47-48(43)39-18-7-11-23-46(39)52-47/h1-31H. The van der Waals surface area contributed by atoms with E-state index in [0.29, 0.717) is 0 Å². The molecule has 0 spiro atoms. The number of furan rings is 1. The van der Waals surface area contributed by atoms with Crippen LogP contribution in [-0.4, -0.2) is 0 Å². The number of benzene rings is 8. The fourth-order valence-corrected chi connectivity index (χ4v) is 9.92. The first-order valence-corrected chi connectivity index (χ1v) is 18.6. The minimum Gasteiger partial charge on any atom is -0.456 e. The van der Waals surface area contributed by atoms with Gasteiger partial charge in [-0.2, -0.15) is 0 Å². The molecule has 3 heteroatoms. The van der Waals surface area contributed by atoms with E-state index in [1.54, 1.807) is 0 Å². The number of fused-ring (bicyclic) bond motifs is 9. The summed E-state index contributed by atoms with van der Waals surface area (Å²) in [6.07, 6.45) is 0. The molecule has 8 aromatic carbocycles. The van der Waals surface area contributed by atoms with Gasteiger partial charge in [-0.15, -0.1) is 11.3 Å². The van der Waals surface area contributed by atoms with Crippen LogP contribution in [0.3, 0.4) is 0 Å². The number of rotatable bonds is 5. The largest absolute Gasteiger partial charge is 0.456 e. The zero-order chi connectivity index (χ0) is 34.2. The van der Waals surface area contributed by atoms with E-state index in [2.05, 4.69) is 181 Å². The summed E-state index contributed by atoms with van der Waals surface area (Å²) in [7, 11) is 0. The van der Waals surface area contributed by atoms with Gasteiger partial charge in [-0.3, -0.25) is 0 Å². The highest BCUT2D eigenvalue weighted by molar-refractivity contribution is 7.26. The van der Waals surface area contributed by atoms with Crippen molar-refractivity contribution in [3.8, 4) is 11.1 Å². The number of nitrogens with zero attached hydrogens (tertiary/aromatic N) is 1. The van der Waals surface area contributed by atoms with Crippen LogP contribution in [0, 0.1) is 0 Å². The Bertz CT molecular complexity index is 2930. The third-order valence-electron chi connectivity index (χ3n) is 11.0. The molecule has 2 aromatic heterocycles.